The third-order valence-corrected chi connectivity index (χ3v) is 4.23. The minimum atomic E-state index is -0.376. The lowest BCUT2D eigenvalue weighted by molar-refractivity contribution is -0.137. The number of rotatable bonds is 5. The molecule has 126 valence electrons. The molecule has 23 heavy (non-hydrogen) atoms. The maximum atomic E-state index is 12.5. The quantitative estimate of drug-likeness (QED) is 0.899. The number of hydrogen-bond donors (Lipinski definition) is 1. The molecular formula is C17H24N2O4. The van der Waals surface area contributed by atoms with Crippen LogP contribution in [0.2, 0.25) is 0 Å². The lowest BCUT2D eigenvalue weighted by Gasteiger charge is -2.25. The highest BCUT2D eigenvalue weighted by Gasteiger charge is 2.33. The Bertz CT molecular complexity index is 588. The van der Waals surface area contributed by atoms with E-state index in [2.05, 4.69) is 5.32 Å². The number of amides is 2. The van der Waals surface area contributed by atoms with E-state index in [1.165, 1.54) is 6.92 Å². The summed E-state index contributed by atoms with van der Waals surface area (Å²) in [5, 5.41) is 2.98. The van der Waals surface area contributed by atoms with Gasteiger partial charge in [-0.2, -0.15) is 0 Å². The fourth-order valence-corrected chi connectivity index (χ4v) is 2.98. The first-order valence-corrected chi connectivity index (χ1v) is 7.77. The summed E-state index contributed by atoms with van der Waals surface area (Å²) in [6, 6.07) is 4.89. The van der Waals surface area contributed by atoms with E-state index in [9.17, 15) is 9.59 Å². The Balaban J connectivity index is 2.11. The van der Waals surface area contributed by atoms with E-state index in [1.807, 2.05) is 19.1 Å². The molecule has 1 aromatic carbocycles. The predicted octanol–water partition coefficient (Wildman–Crippen LogP) is 1.89. The first kappa shape index (κ1) is 17.1. The number of hydrogen-bond acceptors (Lipinski definition) is 4. The highest BCUT2D eigenvalue weighted by Crippen LogP contribution is 2.29. The minimum Gasteiger partial charge on any atom is -0.497 e. The second-order valence-electron chi connectivity index (χ2n) is 5.71. The van der Waals surface area contributed by atoms with E-state index in [0.717, 1.165) is 12.0 Å². The summed E-state index contributed by atoms with van der Waals surface area (Å²) in [7, 11) is 3.18. The molecule has 0 spiro atoms. The van der Waals surface area contributed by atoms with Gasteiger partial charge >= 0.3 is 0 Å². The number of benzene rings is 1. The van der Waals surface area contributed by atoms with Gasteiger partial charge < -0.3 is 19.7 Å². The predicted molar refractivity (Wildman–Crippen MR) is 86.5 cm³/mol. The fourth-order valence-electron chi connectivity index (χ4n) is 2.98. The van der Waals surface area contributed by atoms with E-state index in [4.69, 9.17) is 9.47 Å². The van der Waals surface area contributed by atoms with E-state index >= 15 is 0 Å². The Morgan fingerprint density at radius 2 is 2.04 bits per heavy atom. The SMILES string of the molecule is COc1ccc(C(C)NC(=O)C2CCCN2C(C)=O)c(OC)c1. The average Bonchev–Trinajstić information content (AvgIpc) is 3.04. The normalized spacial score (nSPS) is 18.4. The molecule has 1 aliphatic rings. The van der Waals surface area contributed by atoms with Crippen LogP contribution in [0.3, 0.4) is 0 Å². The van der Waals surface area contributed by atoms with Crippen molar-refractivity contribution < 1.29 is 19.1 Å². The first-order valence-electron chi connectivity index (χ1n) is 7.77. The summed E-state index contributed by atoms with van der Waals surface area (Å²) >= 11 is 0. The van der Waals surface area contributed by atoms with Crippen LogP contribution in [0, 0.1) is 0 Å². The smallest absolute Gasteiger partial charge is 0.243 e. The minimum absolute atomic E-state index is 0.0580. The first-order chi connectivity index (χ1) is 11.0. The summed E-state index contributed by atoms with van der Waals surface area (Å²) < 4.78 is 10.6. The molecule has 1 N–H and O–H groups in total. The Morgan fingerprint density at radius 1 is 1.30 bits per heavy atom. The van der Waals surface area contributed by atoms with Crippen LogP contribution in [0.15, 0.2) is 18.2 Å². The molecule has 0 saturated carbocycles. The third kappa shape index (κ3) is 3.75. The molecule has 2 atom stereocenters. The van der Waals surface area contributed by atoms with Crippen LogP contribution < -0.4 is 14.8 Å². The third-order valence-electron chi connectivity index (χ3n) is 4.23. The average molecular weight is 320 g/mol. The zero-order valence-corrected chi connectivity index (χ0v) is 14.1. The van der Waals surface area contributed by atoms with Crippen molar-refractivity contribution in [1.82, 2.24) is 10.2 Å². The molecular weight excluding hydrogens is 296 g/mol. The second kappa shape index (κ2) is 7.35. The molecule has 1 aliphatic heterocycles. The van der Waals surface area contributed by atoms with Gasteiger partial charge in [0.05, 0.1) is 20.3 Å². The van der Waals surface area contributed by atoms with Gasteiger partial charge in [0.2, 0.25) is 11.8 Å². The molecule has 6 nitrogen and oxygen atoms in total. The summed E-state index contributed by atoms with van der Waals surface area (Å²) in [5.41, 5.74) is 0.869. The zero-order valence-electron chi connectivity index (χ0n) is 14.1. The lowest BCUT2D eigenvalue weighted by Crippen LogP contribution is -2.45. The van der Waals surface area contributed by atoms with E-state index < -0.39 is 0 Å². The molecule has 0 aliphatic carbocycles. The van der Waals surface area contributed by atoms with Crippen LogP contribution in [-0.4, -0.2) is 43.5 Å². The van der Waals surface area contributed by atoms with Crippen LogP contribution in [0.5, 0.6) is 11.5 Å². The molecule has 2 amide bonds. The lowest BCUT2D eigenvalue weighted by atomic mass is 10.1. The molecule has 0 bridgehead atoms. The number of nitrogens with one attached hydrogen (secondary N) is 1. The molecule has 0 aromatic heterocycles. The van der Waals surface area contributed by atoms with Crippen LogP contribution in [0.1, 0.15) is 38.3 Å². The van der Waals surface area contributed by atoms with Crippen LogP contribution in [0.25, 0.3) is 0 Å². The van der Waals surface area contributed by atoms with E-state index in [1.54, 1.807) is 25.2 Å². The summed E-state index contributed by atoms with van der Waals surface area (Å²) in [6.45, 7) is 4.05. The van der Waals surface area contributed by atoms with Gasteiger partial charge in [-0.25, -0.2) is 0 Å². The van der Waals surface area contributed by atoms with Gasteiger partial charge in [-0.3, -0.25) is 9.59 Å². The maximum absolute atomic E-state index is 12.5. The van der Waals surface area contributed by atoms with Crippen LogP contribution >= 0.6 is 0 Å². The Labute approximate surface area is 136 Å². The monoisotopic (exact) mass is 320 g/mol. The van der Waals surface area contributed by atoms with Gasteiger partial charge in [0.15, 0.2) is 0 Å². The summed E-state index contributed by atoms with van der Waals surface area (Å²) in [5.74, 6) is 1.18. The zero-order chi connectivity index (χ0) is 17.0. The number of ether oxygens (including phenoxy) is 2. The highest BCUT2D eigenvalue weighted by molar-refractivity contribution is 5.87. The van der Waals surface area contributed by atoms with Crippen molar-refractivity contribution in [3.8, 4) is 11.5 Å². The molecule has 1 saturated heterocycles. The van der Waals surface area contributed by atoms with Crippen molar-refractivity contribution in [2.75, 3.05) is 20.8 Å². The number of carbonyl (C=O) groups excluding carboxylic acids is 2. The van der Waals surface area contributed by atoms with Crippen molar-refractivity contribution in [3.63, 3.8) is 0 Å². The highest BCUT2D eigenvalue weighted by atomic mass is 16.5. The molecule has 6 heteroatoms. The molecule has 2 rings (SSSR count). The van der Waals surface area contributed by atoms with Crippen molar-refractivity contribution in [2.24, 2.45) is 0 Å². The number of likely N-dealkylation sites (tertiary alicyclic amines) is 1. The van der Waals surface area contributed by atoms with Crippen molar-refractivity contribution in [3.05, 3.63) is 23.8 Å². The standard InChI is InChI=1S/C17H24N2O4/c1-11(14-8-7-13(22-3)10-16(14)23-4)18-17(21)15-6-5-9-19(15)12(2)20/h7-8,10-11,15H,5-6,9H2,1-4H3,(H,18,21). The van der Waals surface area contributed by atoms with Gasteiger partial charge in [0.1, 0.15) is 17.5 Å². The molecule has 1 aromatic rings. The van der Waals surface area contributed by atoms with Crippen molar-refractivity contribution >= 4 is 11.8 Å². The number of nitrogens with zero attached hydrogens (tertiary/aromatic N) is 1. The fraction of sp³-hybridized carbons (Fsp3) is 0.529. The van der Waals surface area contributed by atoms with Crippen LogP contribution in [0.4, 0.5) is 0 Å². The van der Waals surface area contributed by atoms with Gasteiger partial charge in [0.25, 0.3) is 0 Å². The second-order valence-corrected chi connectivity index (χ2v) is 5.71. The molecule has 0 radical (unpaired) electrons. The van der Waals surface area contributed by atoms with E-state index in [0.29, 0.717) is 24.5 Å². The van der Waals surface area contributed by atoms with Gasteiger partial charge in [0, 0.05) is 25.1 Å². The Kier molecular flexibility index (Phi) is 5.47. The number of carbonyl (C=O) groups is 2. The Hall–Kier alpha value is -2.24. The molecule has 2 unspecified atom stereocenters. The molecule has 1 heterocycles. The summed E-state index contributed by atoms with van der Waals surface area (Å²) in [6.07, 6.45) is 1.57. The van der Waals surface area contributed by atoms with Gasteiger partial charge in [-0.05, 0) is 31.9 Å². The largest absolute Gasteiger partial charge is 0.497 e. The topological polar surface area (TPSA) is 67.9 Å². The number of methoxy groups -OCH3 is 2. The molecule has 1 fully saturated rings. The van der Waals surface area contributed by atoms with Crippen LogP contribution in [-0.2, 0) is 9.59 Å². The maximum Gasteiger partial charge on any atom is 0.243 e. The van der Waals surface area contributed by atoms with Crippen molar-refractivity contribution in [1.29, 1.82) is 0 Å². The van der Waals surface area contributed by atoms with Gasteiger partial charge in [-0.15, -0.1) is 0 Å². The summed E-state index contributed by atoms with van der Waals surface area (Å²) in [4.78, 5) is 25.7. The Morgan fingerprint density at radius 3 is 2.65 bits per heavy atom. The van der Waals surface area contributed by atoms with Gasteiger partial charge in [-0.1, -0.05) is 0 Å². The van der Waals surface area contributed by atoms with E-state index in [-0.39, 0.29) is 23.9 Å². The van der Waals surface area contributed by atoms with Crippen molar-refractivity contribution in [2.45, 2.75) is 38.8 Å².